The lowest BCUT2D eigenvalue weighted by atomic mass is 10.1. The van der Waals surface area contributed by atoms with Crippen LogP contribution < -0.4 is 16.6 Å². The number of rotatable bonds is 8. The number of nitrogens with one attached hydrogen (secondary N) is 2. The predicted molar refractivity (Wildman–Crippen MR) is 126 cm³/mol. The Bertz CT molecular complexity index is 1340. The smallest absolute Gasteiger partial charge is 0.325 e. The quantitative estimate of drug-likeness (QED) is 0.403. The molecule has 0 saturated heterocycles. The number of anilines is 1. The Kier molecular flexibility index (Phi) is 6.55. The van der Waals surface area contributed by atoms with E-state index in [1.165, 1.54) is 21.9 Å². The number of aromatic nitrogens is 4. The van der Waals surface area contributed by atoms with Crippen molar-refractivity contribution in [3.8, 4) is 0 Å². The minimum atomic E-state index is -0.519. The van der Waals surface area contributed by atoms with Gasteiger partial charge < -0.3 is 9.88 Å². The van der Waals surface area contributed by atoms with Crippen LogP contribution >= 0.6 is 11.8 Å². The van der Waals surface area contributed by atoms with Crippen molar-refractivity contribution in [1.29, 1.82) is 0 Å². The molecule has 164 valence electrons. The van der Waals surface area contributed by atoms with Crippen LogP contribution in [0, 0.1) is 0 Å². The van der Waals surface area contributed by atoms with E-state index in [9.17, 15) is 14.4 Å². The summed E-state index contributed by atoms with van der Waals surface area (Å²) in [6.45, 7) is 0.537. The predicted octanol–water partition coefficient (Wildman–Crippen LogP) is 2.79. The fourth-order valence-electron chi connectivity index (χ4n) is 3.47. The highest BCUT2D eigenvalue weighted by molar-refractivity contribution is 7.99. The summed E-state index contributed by atoms with van der Waals surface area (Å²) in [5.74, 6) is -0.0464. The minimum absolute atomic E-state index is 0.128. The van der Waals surface area contributed by atoms with E-state index < -0.39 is 11.2 Å². The third-order valence-electron chi connectivity index (χ3n) is 5.05. The van der Waals surface area contributed by atoms with Gasteiger partial charge in [-0.1, -0.05) is 60.3 Å². The van der Waals surface area contributed by atoms with E-state index in [4.69, 9.17) is 0 Å². The summed E-state index contributed by atoms with van der Waals surface area (Å²) in [5.41, 5.74) is 1.57. The van der Waals surface area contributed by atoms with E-state index in [1.54, 1.807) is 11.6 Å². The van der Waals surface area contributed by atoms with Crippen LogP contribution in [0.1, 0.15) is 12.0 Å². The van der Waals surface area contributed by atoms with Crippen LogP contribution in [0.25, 0.3) is 11.2 Å². The first kappa shape index (κ1) is 21.6. The number of benzene rings is 2. The molecule has 0 bridgehead atoms. The summed E-state index contributed by atoms with van der Waals surface area (Å²) in [6.07, 6.45) is 1.62. The largest absolute Gasteiger partial charge is 0.329 e. The molecule has 2 aromatic carbocycles. The van der Waals surface area contributed by atoms with E-state index in [0.29, 0.717) is 28.6 Å². The zero-order valence-electron chi connectivity index (χ0n) is 17.6. The molecule has 2 N–H and O–H groups in total. The molecule has 0 aliphatic heterocycles. The lowest BCUT2D eigenvalue weighted by Gasteiger charge is -2.09. The number of H-pyrrole nitrogens is 1. The average molecular weight is 450 g/mol. The van der Waals surface area contributed by atoms with Crippen LogP contribution in [-0.2, 0) is 24.8 Å². The van der Waals surface area contributed by atoms with Crippen molar-refractivity contribution in [2.75, 3.05) is 11.1 Å². The standard InChI is InChI=1S/C23H23N5O3S/c1-27-20-19(21(30)26-22(27)31)28(14-8-11-16-9-4-2-5-10-16)23(25-20)32-15-18(29)24-17-12-6-3-7-13-17/h2-7,9-10,12-13H,8,11,14-15H2,1H3,(H,24,29)(H,26,30,31). The first-order valence-corrected chi connectivity index (χ1v) is 11.2. The Balaban J connectivity index is 1.57. The molecular formula is C23H23N5O3S. The third-order valence-corrected chi connectivity index (χ3v) is 6.03. The molecule has 2 aromatic heterocycles. The van der Waals surface area contributed by atoms with Gasteiger partial charge in [-0.25, -0.2) is 9.78 Å². The maximum atomic E-state index is 12.6. The van der Waals surface area contributed by atoms with E-state index in [2.05, 4.69) is 27.4 Å². The SMILES string of the molecule is Cn1c(=O)[nH]c(=O)c2c1nc(SCC(=O)Nc1ccccc1)n2CCCc1ccccc1. The van der Waals surface area contributed by atoms with Crippen molar-refractivity contribution in [3.63, 3.8) is 0 Å². The van der Waals surface area contributed by atoms with Gasteiger partial charge in [-0.3, -0.25) is 19.1 Å². The fraction of sp³-hybridized carbons (Fsp3) is 0.217. The van der Waals surface area contributed by atoms with Crippen LogP contribution in [-0.4, -0.2) is 30.8 Å². The molecule has 0 fully saturated rings. The lowest BCUT2D eigenvalue weighted by Crippen LogP contribution is -2.29. The summed E-state index contributed by atoms with van der Waals surface area (Å²) in [7, 11) is 1.57. The monoisotopic (exact) mass is 449 g/mol. The lowest BCUT2D eigenvalue weighted by molar-refractivity contribution is -0.113. The molecular weight excluding hydrogens is 426 g/mol. The number of carbonyl (C=O) groups is 1. The maximum absolute atomic E-state index is 12.6. The number of nitrogens with zero attached hydrogens (tertiary/aromatic N) is 3. The Labute approximate surface area is 188 Å². The highest BCUT2D eigenvalue weighted by Gasteiger charge is 2.18. The Morgan fingerprint density at radius 1 is 1.06 bits per heavy atom. The van der Waals surface area contributed by atoms with E-state index in [0.717, 1.165) is 12.8 Å². The van der Waals surface area contributed by atoms with E-state index >= 15 is 0 Å². The van der Waals surface area contributed by atoms with Gasteiger partial charge in [0.25, 0.3) is 5.56 Å². The van der Waals surface area contributed by atoms with E-state index in [-0.39, 0.29) is 11.7 Å². The molecule has 32 heavy (non-hydrogen) atoms. The van der Waals surface area contributed by atoms with Gasteiger partial charge in [0, 0.05) is 19.3 Å². The molecule has 0 unspecified atom stereocenters. The van der Waals surface area contributed by atoms with Crippen LogP contribution in [0.2, 0.25) is 0 Å². The number of thioether (sulfide) groups is 1. The van der Waals surface area contributed by atoms with Crippen LogP contribution in [0.4, 0.5) is 5.69 Å². The van der Waals surface area contributed by atoms with Crippen LogP contribution in [0.15, 0.2) is 75.4 Å². The highest BCUT2D eigenvalue weighted by Crippen LogP contribution is 2.22. The normalized spacial score (nSPS) is 11.0. The number of hydrogen-bond donors (Lipinski definition) is 2. The fourth-order valence-corrected chi connectivity index (χ4v) is 4.29. The van der Waals surface area contributed by atoms with Gasteiger partial charge in [0.15, 0.2) is 16.3 Å². The number of fused-ring (bicyclic) bond motifs is 1. The van der Waals surface area contributed by atoms with Crippen molar-refractivity contribution in [1.82, 2.24) is 19.1 Å². The molecule has 0 aliphatic carbocycles. The second-order valence-electron chi connectivity index (χ2n) is 7.33. The molecule has 1 amide bonds. The average Bonchev–Trinajstić information content (AvgIpc) is 3.17. The Morgan fingerprint density at radius 2 is 1.75 bits per heavy atom. The van der Waals surface area contributed by atoms with Gasteiger partial charge in [0.1, 0.15) is 0 Å². The van der Waals surface area contributed by atoms with Crippen LogP contribution in [0.3, 0.4) is 0 Å². The van der Waals surface area contributed by atoms with Crippen molar-refractivity contribution in [2.45, 2.75) is 24.5 Å². The number of aromatic amines is 1. The zero-order chi connectivity index (χ0) is 22.5. The third kappa shape index (κ3) is 4.83. The van der Waals surface area contributed by atoms with Crippen molar-refractivity contribution >= 4 is 34.5 Å². The highest BCUT2D eigenvalue weighted by atomic mass is 32.2. The maximum Gasteiger partial charge on any atom is 0.329 e. The van der Waals surface area contributed by atoms with Gasteiger partial charge in [-0.15, -0.1) is 0 Å². The molecule has 8 nitrogen and oxygen atoms in total. The topological polar surface area (TPSA) is 102 Å². The Hall–Kier alpha value is -3.59. The first-order chi connectivity index (χ1) is 15.5. The van der Waals surface area contributed by atoms with Crippen molar-refractivity contribution in [2.24, 2.45) is 7.05 Å². The molecule has 2 heterocycles. The van der Waals surface area contributed by atoms with Crippen molar-refractivity contribution in [3.05, 3.63) is 87.1 Å². The number of imidazole rings is 1. The molecule has 4 rings (SSSR count). The Morgan fingerprint density at radius 3 is 2.47 bits per heavy atom. The minimum Gasteiger partial charge on any atom is -0.325 e. The van der Waals surface area contributed by atoms with Crippen molar-refractivity contribution < 1.29 is 4.79 Å². The number of amides is 1. The summed E-state index contributed by atoms with van der Waals surface area (Å²) >= 11 is 1.24. The number of para-hydroxylation sites is 1. The molecule has 0 spiro atoms. The summed E-state index contributed by atoms with van der Waals surface area (Å²) in [6, 6.07) is 19.3. The second-order valence-corrected chi connectivity index (χ2v) is 8.27. The second kappa shape index (κ2) is 9.69. The molecule has 0 saturated carbocycles. The van der Waals surface area contributed by atoms with Gasteiger partial charge in [-0.2, -0.15) is 0 Å². The molecule has 0 atom stereocenters. The zero-order valence-corrected chi connectivity index (χ0v) is 18.4. The number of hydrogen-bond acceptors (Lipinski definition) is 5. The summed E-state index contributed by atoms with van der Waals surface area (Å²) < 4.78 is 3.12. The van der Waals surface area contributed by atoms with E-state index in [1.807, 2.05) is 48.5 Å². The molecule has 0 aliphatic rings. The number of carbonyl (C=O) groups excluding carboxylic acids is 1. The molecule has 4 aromatic rings. The van der Waals surface area contributed by atoms with Gasteiger partial charge in [-0.05, 0) is 30.5 Å². The molecule has 0 radical (unpaired) electrons. The molecule has 9 heteroatoms. The van der Waals surface area contributed by atoms with Gasteiger partial charge in [0.2, 0.25) is 5.91 Å². The first-order valence-electron chi connectivity index (χ1n) is 10.2. The van der Waals surface area contributed by atoms with Gasteiger partial charge >= 0.3 is 5.69 Å². The summed E-state index contributed by atoms with van der Waals surface area (Å²) in [5, 5.41) is 3.37. The summed E-state index contributed by atoms with van der Waals surface area (Å²) in [4.78, 5) is 43.9. The van der Waals surface area contributed by atoms with Crippen LogP contribution in [0.5, 0.6) is 0 Å². The number of aryl methyl sites for hydroxylation is 3. The van der Waals surface area contributed by atoms with Gasteiger partial charge in [0.05, 0.1) is 5.75 Å².